The molecule has 0 spiro atoms. The standard InChI is InChI=1S/C37H50N8O4/c1-26-22-27(23-29-25-39-41(2)34(26)29)24-33(35(46)43-16-9-30(10-17-43)42-15-5-13-38-14-21-42)49-37(48)44-18-11-31(12-19-44)45-20-8-28-6-3-4-7-32(28)40-36(45)47/h3-4,6-7,22-23,25,30-31,33,38H,5,8-21,24H2,1-2H3,(H,40,47)/t33-/m1/s1. The van der Waals surface area contributed by atoms with E-state index >= 15 is 0 Å². The lowest BCUT2D eigenvalue weighted by molar-refractivity contribution is -0.142. The summed E-state index contributed by atoms with van der Waals surface area (Å²) in [6.07, 6.45) is 5.87. The van der Waals surface area contributed by atoms with Gasteiger partial charge in [0.1, 0.15) is 0 Å². The van der Waals surface area contributed by atoms with Gasteiger partial charge in [0.15, 0.2) is 6.10 Å². The summed E-state index contributed by atoms with van der Waals surface area (Å²) in [5.74, 6) is -0.121. The van der Waals surface area contributed by atoms with Crippen molar-refractivity contribution in [3.05, 3.63) is 59.3 Å². The van der Waals surface area contributed by atoms with Crippen molar-refractivity contribution in [1.29, 1.82) is 0 Å². The monoisotopic (exact) mass is 670 g/mol. The molecule has 2 aromatic carbocycles. The molecular formula is C37H50N8O4. The molecule has 7 rings (SSSR count). The molecule has 49 heavy (non-hydrogen) atoms. The van der Waals surface area contributed by atoms with Gasteiger partial charge in [0.25, 0.3) is 5.91 Å². The Kier molecular flexibility index (Phi) is 10.0. The zero-order valence-electron chi connectivity index (χ0n) is 28.9. The molecule has 3 saturated heterocycles. The summed E-state index contributed by atoms with van der Waals surface area (Å²) in [7, 11) is 1.93. The van der Waals surface area contributed by atoms with Gasteiger partial charge in [0, 0.05) is 82.4 Å². The molecule has 12 heteroatoms. The summed E-state index contributed by atoms with van der Waals surface area (Å²) in [6, 6.07) is 12.5. The Morgan fingerprint density at radius 3 is 2.51 bits per heavy atom. The number of benzene rings is 2. The molecule has 0 saturated carbocycles. The number of anilines is 1. The first kappa shape index (κ1) is 33.3. The number of likely N-dealkylation sites (tertiary alicyclic amines) is 2. The van der Waals surface area contributed by atoms with Crippen LogP contribution < -0.4 is 10.6 Å². The highest BCUT2D eigenvalue weighted by Gasteiger charge is 2.36. The van der Waals surface area contributed by atoms with Crippen LogP contribution in [0.25, 0.3) is 10.9 Å². The zero-order valence-corrected chi connectivity index (χ0v) is 28.9. The average Bonchev–Trinajstić information content (AvgIpc) is 3.26. The molecule has 3 fully saturated rings. The number of nitrogens with one attached hydrogen (secondary N) is 2. The van der Waals surface area contributed by atoms with Crippen LogP contribution in [0.1, 0.15) is 48.8 Å². The topological polar surface area (TPSA) is 115 Å². The van der Waals surface area contributed by atoms with Gasteiger partial charge in [-0.05, 0) is 87.4 Å². The number of amides is 4. The number of aromatic nitrogens is 2. The van der Waals surface area contributed by atoms with Crippen LogP contribution in [0.3, 0.4) is 0 Å². The third kappa shape index (κ3) is 7.40. The van der Waals surface area contributed by atoms with Crippen LogP contribution in [-0.2, 0) is 29.4 Å². The van der Waals surface area contributed by atoms with Crippen LogP contribution in [0.5, 0.6) is 0 Å². The number of carbonyl (C=O) groups excluding carboxylic acids is 3. The summed E-state index contributed by atoms with van der Waals surface area (Å²) in [6.45, 7) is 9.16. The van der Waals surface area contributed by atoms with Crippen molar-refractivity contribution in [2.75, 3.05) is 64.2 Å². The van der Waals surface area contributed by atoms with E-state index in [-0.39, 0.29) is 18.0 Å². The third-order valence-electron chi connectivity index (χ3n) is 11.0. The fourth-order valence-electron chi connectivity index (χ4n) is 8.32. The number of piperidine rings is 2. The normalized spacial score (nSPS) is 20.8. The van der Waals surface area contributed by atoms with Gasteiger partial charge in [-0.2, -0.15) is 5.10 Å². The quantitative estimate of drug-likeness (QED) is 0.411. The second-order valence-corrected chi connectivity index (χ2v) is 14.1. The lowest BCUT2D eigenvalue weighted by Gasteiger charge is -2.40. The van der Waals surface area contributed by atoms with E-state index in [1.807, 2.05) is 52.8 Å². The van der Waals surface area contributed by atoms with E-state index in [1.54, 1.807) is 4.90 Å². The van der Waals surface area contributed by atoms with Gasteiger partial charge in [-0.3, -0.25) is 14.4 Å². The highest BCUT2D eigenvalue weighted by Crippen LogP contribution is 2.27. The van der Waals surface area contributed by atoms with Gasteiger partial charge in [-0.1, -0.05) is 24.3 Å². The van der Waals surface area contributed by atoms with Crippen molar-refractivity contribution < 1.29 is 19.1 Å². The molecule has 0 radical (unpaired) electrons. The molecule has 1 atom stereocenters. The SMILES string of the molecule is Cc1cc(C[C@@H](OC(=O)N2CCC(N3CCc4ccccc4NC3=O)CC2)C(=O)N2CCC(N3CCCNCC3)CC2)cc2cnn(C)c12. The highest BCUT2D eigenvalue weighted by molar-refractivity contribution is 5.91. The highest BCUT2D eigenvalue weighted by atomic mass is 16.6. The Bertz CT molecular complexity index is 1650. The zero-order chi connectivity index (χ0) is 33.9. The van der Waals surface area contributed by atoms with E-state index in [0.29, 0.717) is 58.0 Å². The molecule has 4 aliphatic rings. The van der Waals surface area contributed by atoms with Gasteiger partial charge in [0.2, 0.25) is 0 Å². The van der Waals surface area contributed by atoms with E-state index in [2.05, 4.69) is 38.8 Å². The first-order valence-electron chi connectivity index (χ1n) is 18.1. The van der Waals surface area contributed by atoms with Gasteiger partial charge in [0.05, 0.1) is 11.7 Å². The number of para-hydroxylation sites is 1. The molecular weight excluding hydrogens is 620 g/mol. The molecule has 2 N–H and O–H groups in total. The first-order valence-corrected chi connectivity index (χ1v) is 18.1. The fourth-order valence-corrected chi connectivity index (χ4v) is 8.32. The summed E-state index contributed by atoms with van der Waals surface area (Å²) < 4.78 is 8.01. The summed E-state index contributed by atoms with van der Waals surface area (Å²) in [5, 5.41) is 12.0. The average molecular weight is 671 g/mol. The van der Waals surface area contributed by atoms with E-state index in [1.165, 1.54) is 0 Å². The number of hydrogen-bond donors (Lipinski definition) is 2. The Balaban J connectivity index is 1.01. The van der Waals surface area contributed by atoms with Gasteiger partial charge in [-0.25, -0.2) is 9.59 Å². The maximum absolute atomic E-state index is 14.2. The maximum atomic E-state index is 14.2. The lowest BCUT2D eigenvalue weighted by Crippen LogP contribution is -2.52. The second-order valence-electron chi connectivity index (χ2n) is 14.1. The van der Waals surface area contributed by atoms with Crippen molar-refractivity contribution >= 4 is 34.6 Å². The largest absolute Gasteiger partial charge is 0.436 e. The van der Waals surface area contributed by atoms with Crippen LogP contribution in [0, 0.1) is 6.92 Å². The second kappa shape index (κ2) is 14.8. The Labute approximate surface area is 288 Å². The molecule has 0 unspecified atom stereocenters. The van der Waals surface area contributed by atoms with E-state index in [0.717, 1.165) is 85.1 Å². The first-order chi connectivity index (χ1) is 23.8. The number of hydrogen-bond acceptors (Lipinski definition) is 7. The third-order valence-corrected chi connectivity index (χ3v) is 11.0. The summed E-state index contributed by atoms with van der Waals surface area (Å²) in [4.78, 5) is 49.1. The molecule has 0 aliphatic carbocycles. The lowest BCUT2D eigenvalue weighted by atomic mass is 9.99. The minimum Gasteiger partial charge on any atom is -0.436 e. The van der Waals surface area contributed by atoms with Crippen LogP contribution in [-0.4, -0.2) is 125 Å². The predicted octanol–water partition coefficient (Wildman–Crippen LogP) is 3.77. The van der Waals surface area contributed by atoms with Gasteiger partial charge < -0.3 is 30.1 Å². The number of urea groups is 1. The van der Waals surface area contributed by atoms with Crippen molar-refractivity contribution in [3.63, 3.8) is 0 Å². The van der Waals surface area contributed by atoms with Crippen molar-refractivity contribution in [3.8, 4) is 0 Å². The smallest absolute Gasteiger partial charge is 0.410 e. The predicted molar refractivity (Wildman–Crippen MR) is 189 cm³/mol. The molecule has 3 aromatic rings. The van der Waals surface area contributed by atoms with Gasteiger partial charge >= 0.3 is 12.1 Å². The minimum atomic E-state index is -0.924. The number of aryl methyl sites for hydroxylation is 2. The Morgan fingerprint density at radius 1 is 0.939 bits per heavy atom. The Hall–Kier alpha value is -4.16. The van der Waals surface area contributed by atoms with Crippen LogP contribution >= 0.6 is 0 Å². The maximum Gasteiger partial charge on any atom is 0.410 e. The van der Waals surface area contributed by atoms with E-state index in [9.17, 15) is 14.4 Å². The van der Waals surface area contributed by atoms with Crippen molar-refractivity contribution in [2.45, 2.75) is 70.1 Å². The number of fused-ring (bicyclic) bond motifs is 2. The Morgan fingerprint density at radius 2 is 1.69 bits per heavy atom. The molecule has 12 nitrogen and oxygen atoms in total. The number of ether oxygens (including phenoxy) is 1. The van der Waals surface area contributed by atoms with Gasteiger partial charge in [-0.15, -0.1) is 0 Å². The van der Waals surface area contributed by atoms with E-state index < -0.39 is 12.2 Å². The molecule has 0 bridgehead atoms. The molecule has 262 valence electrons. The number of rotatable bonds is 6. The summed E-state index contributed by atoms with van der Waals surface area (Å²) in [5.41, 5.74) is 5.08. The van der Waals surface area contributed by atoms with Crippen LogP contribution in [0.2, 0.25) is 0 Å². The number of nitrogens with zero attached hydrogens (tertiary/aromatic N) is 6. The van der Waals surface area contributed by atoms with Crippen molar-refractivity contribution in [2.24, 2.45) is 7.05 Å². The summed E-state index contributed by atoms with van der Waals surface area (Å²) >= 11 is 0. The molecule has 4 amide bonds. The minimum absolute atomic E-state index is 0.0336. The van der Waals surface area contributed by atoms with Crippen LogP contribution in [0.4, 0.5) is 15.3 Å². The van der Waals surface area contributed by atoms with E-state index in [4.69, 9.17) is 4.74 Å². The number of carbonyl (C=O) groups is 3. The van der Waals surface area contributed by atoms with Crippen LogP contribution in [0.15, 0.2) is 42.6 Å². The molecule has 5 heterocycles. The van der Waals surface area contributed by atoms with Crippen molar-refractivity contribution in [1.82, 2.24) is 34.7 Å². The molecule has 1 aromatic heterocycles. The molecule has 4 aliphatic heterocycles. The fraction of sp³-hybridized carbons (Fsp3) is 0.568.